The number of carboxylic acid groups (broad SMARTS) is 1. The number of hydrogen-bond donors (Lipinski definition) is 2. The number of aliphatic hydroxyl groups excluding tert-OH is 1. The molecule has 2 N–H and O–H groups in total. The summed E-state index contributed by atoms with van der Waals surface area (Å²) in [5, 5.41) is 33.6. The van der Waals surface area contributed by atoms with Crippen LogP contribution >= 0.6 is 0 Å². The molecule has 0 radical (unpaired) electrons. The number of nitro groups is 1. The maximum atomic E-state index is 13.3. The molecule has 1 fully saturated rings. The van der Waals surface area contributed by atoms with Gasteiger partial charge in [-0.2, -0.15) is 0 Å². The van der Waals surface area contributed by atoms with Crippen LogP contribution in [0.15, 0.2) is 84.9 Å². The molecule has 11 nitrogen and oxygen atoms in total. The largest absolute Gasteiger partial charge is 0.480 e. The number of nitro benzene ring substituents is 1. The predicted octanol–water partition coefficient (Wildman–Crippen LogP) is 3.46. The first-order chi connectivity index (χ1) is 19.2. The van der Waals surface area contributed by atoms with Crippen LogP contribution in [-0.4, -0.2) is 58.2 Å². The van der Waals surface area contributed by atoms with E-state index in [1.807, 2.05) is 0 Å². The third-order valence-corrected chi connectivity index (χ3v) is 7.26. The van der Waals surface area contributed by atoms with Gasteiger partial charge >= 0.3 is 17.9 Å². The third kappa shape index (κ3) is 5.29. The molecule has 0 amide bonds. The van der Waals surface area contributed by atoms with Crippen molar-refractivity contribution in [3.63, 3.8) is 0 Å². The number of methoxy groups -OCH3 is 2. The summed E-state index contributed by atoms with van der Waals surface area (Å²) in [6.45, 7) is 0. The molecular formula is C29H28N2O9. The number of aliphatic carboxylic acids is 1. The van der Waals surface area contributed by atoms with Crippen LogP contribution in [0, 0.1) is 22.0 Å². The number of rotatable bonds is 9. The second kappa shape index (κ2) is 12.1. The number of non-ortho nitro benzene ring substituents is 1. The van der Waals surface area contributed by atoms with E-state index in [1.165, 1.54) is 29.2 Å². The highest BCUT2D eigenvalue weighted by molar-refractivity contribution is 5.90. The molecule has 0 spiro atoms. The van der Waals surface area contributed by atoms with E-state index in [0.29, 0.717) is 16.7 Å². The minimum atomic E-state index is -1.64. The van der Waals surface area contributed by atoms with Gasteiger partial charge < -0.3 is 19.7 Å². The van der Waals surface area contributed by atoms with E-state index in [1.54, 1.807) is 60.7 Å². The second-order valence-corrected chi connectivity index (χ2v) is 9.33. The molecule has 40 heavy (non-hydrogen) atoms. The number of carboxylic acids is 1. The monoisotopic (exact) mass is 548 g/mol. The van der Waals surface area contributed by atoms with E-state index in [9.17, 15) is 34.7 Å². The summed E-state index contributed by atoms with van der Waals surface area (Å²) in [5.74, 6) is -6.14. The molecule has 0 unspecified atom stereocenters. The summed E-state index contributed by atoms with van der Waals surface area (Å²) >= 11 is 0. The molecule has 1 saturated heterocycles. The molecule has 1 heterocycles. The van der Waals surface area contributed by atoms with Gasteiger partial charge in [-0.1, -0.05) is 72.8 Å². The number of benzene rings is 3. The zero-order chi connectivity index (χ0) is 29.0. The summed E-state index contributed by atoms with van der Waals surface area (Å²) in [5.41, 5.74) is 1.09. The lowest BCUT2D eigenvalue weighted by molar-refractivity contribution is -0.384. The van der Waals surface area contributed by atoms with E-state index in [-0.39, 0.29) is 5.69 Å². The predicted molar refractivity (Wildman–Crippen MR) is 141 cm³/mol. The Balaban J connectivity index is 2.03. The number of likely N-dealkylation sites (tertiary alicyclic amines) is 1. The van der Waals surface area contributed by atoms with Gasteiger partial charge in [-0.25, -0.2) is 0 Å². The quantitative estimate of drug-likeness (QED) is 0.231. The Morgan fingerprint density at radius 2 is 1.32 bits per heavy atom. The van der Waals surface area contributed by atoms with Crippen LogP contribution in [-0.2, 0) is 23.9 Å². The summed E-state index contributed by atoms with van der Waals surface area (Å²) < 4.78 is 10.0. The van der Waals surface area contributed by atoms with Crippen molar-refractivity contribution < 1.29 is 39.0 Å². The van der Waals surface area contributed by atoms with Crippen molar-refractivity contribution in [2.24, 2.45) is 11.8 Å². The fourth-order valence-electron chi connectivity index (χ4n) is 5.56. The molecule has 0 aromatic heterocycles. The van der Waals surface area contributed by atoms with Crippen molar-refractivity contribution >= 4 is 23.6 Å². The van der Waals surface area contributed by atoms with Crippen molar-refractivity contribution in [1.82, 2.24) is 4.90 Å². The van der Waals surface area contributed by atoms with Crippen LogP contribution in [0.4, 0.5) is 5.69 Å². The number of esters is 2. The van der Waals surface area contributed by atoms with Crippen molar-refractivity contribution in [1.29, 1.82) is 0 Å². The van der Waals surface area contributed by atoms with Gasteiger partial charge in [0.15, 0.2) is 0 Å². The van der Waals surface area contributed by atoms with E-state index < -0.39 is 58.9 Å². The molecule has 1 aliphatic heterocycles. The Labute approximate surface area is 229 Å². The molecule has 3 aromatic carbocycles. The molecule has 3 aromatic rings. The maximum absolute atomic E-state index is 13.3. The Morgan fingerprint density at radius 1 is 0.825 bits per heavy atom. The lowest BCUT2D eigenvalue weighted by Gasteiger charge is -2.39. The van der Waals surface area contributed by atoms with Crippen molar-refractivity contribution in [2.75, 3.05) is 14.2 Å². The molecule has 6 atom stereocenters. The van der Waals surface area contributed by atoms with Crippen LogP contribution in [0.3, 0.4) is 0 Å². The highest BCUT2D eigenvalue weighted by Gasteiger charge is 2.62. The van der Waals surface area contributed by atoms with Gasteiger partial charge in [0.1, 0.15) is 6.04 Å². The Morgan fingerprint density at radius 3 is 1.80 bits per heavy atom. The minimum Gasteiger partial charge on any atom is -0.480 e. The molecule has 0 saturated carbocycles. The zero-order valence-electron chi connectivity index (χ0n) is 21.7. The molecule has 11 heteroatoms. The summed E-state index contributed by atoms with van der Waals surface area (Å²) in [6, 6.07) is 18.6. The van der Waals surface area contributed by atoms with Crippen LogP contribution in [0.5, 0.6) is 0 Å². The van der Waals surface area contributed by atoms with Crippen LogP contribution in [0.1, 0.15) is 34.9 Å². The third-order valence-electron chi connectivity index (χ3n) is 7.26. The Hall–Kier alpha value is -4.61. The molecule has 1 aliphatic rings. The van der Waals surface area contributed by atoms with E-state index in [4.69, 9.17) is 9.47 Å². The SMILES string of the molecule is COC(=O)[C@@H]1[C@H](C(=O)OC)[C@H](c2ccc([N+](=O)[O-])cc2)N([C@@H](c2ccccc2)[C@H](O)c2ccccc2)[C@@H]1C(=O)O. The van der Waals surface area contributed by atoms with Gasteiger partial charge in [0, 0.05) is 12.1 Å². The lowest BCUT2D eigenvalue weighted by Crippen LogP contribution is -2.46. The Bertz CT molecular complexity index is 1370. The van der Waals surface area contributed by atoms with Crippen molar-refractivity contribution in [3.05, 3.63) is 112 Å². The van der Waals surface area contributed by atoms with Crippen LogP contribution in [0.25, 0.3) is 0 Å². The van der Waals surface area contributed by atoms with Gasteiger partial charge in [-0.05, 0) is 16.7 Å². The van der Waals surface area contributed by atoms with Gasteiger partial charge in [0.25, 0.3) is 5.69 Å². The highest BCUT2D eigenvalue weighted by Crippen LogP contribution is 2.53. The first-order valence-electron chi connectivity index (χ1n) is 12.4. The van der Waals surface area contributed by atoms with Gasteiger partial charge in [-0.3, -0.25) is 29.4 Å². The normalized spacial score (nSPS) is 22.2. The fraction of sp³-hybridized carbons (Fsp3) is 0.276. The van der Waals surface area contributed by atoms with E-state index in [2.05, 4.69) is 0 Å². The van der Waals surface area contributed by atoms with Gasteiger partial charge in [0.05, 0.1) is 49.2 Å². The van der Waals surface area contributed by atoms with Crippen molar-refractivity contribution in [3.8, 4) is 0 Å². The molecule has 0 aliphatic carbocycles. The molecule has 4 rings (SSSR count). The van der Waals surface area contributed by atoms with Gasteiger partial charge in [0.2, 0.25) is 0 Å². The van der Waals surface area contributed by atoms with Crippen LogP contribution < -0.4 is 0 Å². The molecular weight excluding hydrogens is 520 g/mol. The topological polar surface area (TPSA) is 157 Å². The summed E-state index contributed by atoms with van der Waals surface area (Å²) in [6.07, 6.45) is -1.30. The minimum absolute atomic E-state index is 0.217. The number of ether oxygens (including phenoxy) is 2. The Kier molecular flexibility index (Phi) is 8.56. The summed E-state index contributed by atoms with van der Waals surface area (Å²) in [7, 11) is 2.21. The summed E-state index contributed by atoms with van der Waals surface area (Å²) in [4.78, 5) is 51.5. The number of carbonyl (C=O) groups is 3. The van der Waals surface area contributed by atoms with Crippen LogP contribution in [0.2, 0.25) is 0 Å². The fourth-order valence-corrected chi connectivity index (χ4v) is 5.56. The van der Waals surface area contributed by atoms with E-state index in [0.717, 1.165) is 14.2 Å². The van der Waals surface area contributed by atoms with Crippen molar-refractivity contribution in [2.45, 2.75) is 24.2 Å². The second-order valence-electron chi connectivity index (χ2n) is 9.33. The van der Waals surface area contributed by atoms with Gasteiger partial charge in [-0.15, -0.1) is 0 Å². The molecule has 208 valence electrons. The first kappa shape index (κ1) is 28.4. The average Bonchev–Trinajstić information content (AvgIpc) is 3.33. The zero-order valence-corrected chi connectivity index (χ0v) is 21.7. The maximum Gasteiger partial charge on any atom is 0.321 e. The van der Waals surface area contributed by atoms with E-state index >= 15 is 0 Å². The number of nitrogens with zero attached hydrogens (tertiary/aromatic N) is 2. The average molecular weight is 549 g/mol. The standard InChI is InChI=1S/C29H28N2O9/c1-39-28(35)21-22(29(36)40-2)25(27(33)34)30(23(21)18-13-15-20(16-14-18)31(37)38)24(17-9-5-3-6-10-17)26(32)19-11-7-4-8-12-19/h3-16,21-26,32H,1-2H3,(H,33,34)/t21-,22+,23-,24-,25-,26+/m0/s1. The first-order valence-corrected chi connectivity index (χ1v) is 12.4. The number of aliphatic hydroxyl groups is 1. The highest BCUT2D eigenvalue weighted by atomic mass is 16.6. The lowest BCUT2D eigenvalue weighted by atomic mass is 9.84. The smallest absolute Gasteiger partial charge is 0.321 e. The number of carbonyl (C=O) groups excluding carboxylic acids is 2. The molecule has 0 bridgehead atoms. The number of hydrogen-bond acceptors (Lipinski definition) is 9.